The molecular formula is C62H120N2O10. The fourth-order valence-corrected chi connectivity index (χ4v) is 9.40. The average molecular weight is 1050 g/mol. The number of nitrogens with one attached hydrogen (secondary N) is 1. The molecule has 0 aliphatic rings. The summed E-state index contributed by atoms with van der Waals surface area (Å²) in [6, 6.07) is 0. The number of esters is 4. The molecule has 0 aromatic heterocycles. The van der Waals surface area contributed by atoms with E-state index in [1.54, 1.807) is 0 Å². The van der Waals surface area contributed by atoms with Crippen LogP contribution in [0.5, 0.6) is 0 Å². The number of hydrogen-bond acceptors (Lipinski definition) is 11. The molecule has 74 heavy (non-hydrogen) atoms. The van der Waals surface area contributed by atoms with Crippen molar-refractivity contribution in [2.45, 2.75) is 317 Å². The Labute approximate surface area is 456 Å². The lowest BCUT2D eigenvalue weighted by molar-refractivity contribution is -0.151. The van der Waals surface area contributed by atoms with Gasteiger partial charge in [0.25, 0.3) is 0 Å². The number of hydrogen-bond donors (Lipinski definition) is 1. The molecule has 0 aromatic rings. The smallest absolute Gasteiger partial charge is 0.407 e. The van der Waals surface area contributed by atoms with Crippen molar-refractivity contribution < 1.29 is 49.1 Å². The predicted molar refractivity (Wildman–Crippen MR) is 306 cm³/mol. The van der Waals surface area contributed by atoms with Gasteiger partial charge in [0, 0.05) is 33.7 Å². The first-order valence-corrected chi connectivity index (χ1v) is 31.4. The van der Waals surface area contributed by atoms with E-state index in [0.29, 0.717) is 32.2 Å². The van der Waals surface area contributed by atoms with Gasteiger partial charge in [-0.15, -0.1) is 0 Å². The van der Waals surface area contributed by atoms with Crippen molar-refractivity contribution in [2.24, 2.45) is 5.92 Å². The van der Waals surface area contributed by atoms with E-state index in [-0.39, 0.29) is 70.2 Å². The van der Waals surface area contributed by atoms with E-state index in [0.717, 1.165) is 116 Å². The Bertz CT molecular complexity index is 1190. The minimum atomic E-state index is -0.558. The number of nitrogens with zero attached hydrogens (tertiary/aromatic N) is 1. The van der Waals surface area contributed by atoms with Crippen LogP contribution in [0.3, 0.4) is 0 Å². The predicted octanol–water partition coefficient (Wildman–Crippen LogP) is 16.9. The fraction of sp³-hybridized carbons (Fsp3) is 0.919. The Morgan fingerprint density at radius 3 is 1.00 bits per heavy atom. The van der Waals surface area contributed by atoms with Crippen LogP contribution in [0, 0.1) is 5.92 Å². The Morgan fingerprint density at radius 2 is 0.662 bits per heavy atom. The van der Waals surface area contributed by atoms with Gasteiger partial charge < -0.3 is 33.9 Å². The van der Waals surface area contributed by atoms with Crippen LogP contribution in [0.25, 0.3) is 0 Å². The summed E-state index contributed by atoms with van der Waals surface area (Å²) in [4.78, 5) is 66.2. The molecule has 438 valence electrons. The third-order valence-electron chi connectivity index (χ3n) is 14.4. The van der Waals surface area contributed by atoms with Crippen LogP contribution in [0.15, 0.2) is 0 Å². The van der Waals surface area contributed by atoms with Crippen LogP contribution in [-0.4, -0.2) is 93.1 Å². The molecule has 0 aromatic carbocycles. The van der Waals surface area contributed by atoms with E-state index in [4.69, 9.17) is 23.7 Å². The van der Waals surface area contributed by atoms with Gasteiger partial charge >= 0.3 is 30.0 Å². The molecule has 0 rings (SSSR count). The third-order valence-corrected chi connectivity index (χ3v) is 14.4. The number of amides is 1. The van der Waals surface area contributed by atoms with Gasteiger partial charge in [0.2, 0.25) is 0 Å². The molecule has 0 bridgehead atoms. The van der Waals surface area contributed by atoms with E-state index in [1.807, 2.05) is 0 Å². The second-order valence-electron chi connectivity index (χ2n) is 21.4. The van der Waals surface area contributed by atoms with Crippen molar-refractivity contribution in [1.82, 2.24) is 10.2 Å². The molecule has 0 unspecified atom stereocenters. The SMILES string of the molecule is CCCCCCCCC(CCCCCCCC)OC(=O)CCCCCCC(=O)OCC(COC(=O)CCCCCCC(=O)OC(CCCCCCCC)CCCCCCCC)COC(=O)NCCCN(CC)CC.[HH]. The molecular weight excluding hydrogens is 933 g/mol. The van der Waals surface area contributed by atoms with Gasteiger partial charge in [-0.1, -0.05) is 196 Å². The topological polar surface area (TPSA) is 147 Å². The van der Waals surface area contributed by atoms with Gasteiger partial charge in [0.1, 0.15) is 32.0 Å². The quantitative estimate of drug-likeness (QED) is 0.0353. The second kappa shape index (κ2) is 54.9. The summed E-state index contributed by atoms with van der Waals surface area (Å²) >= 11 is 0. The van der Waals surface area contributed by atoms with Crippen molar-refractivity contribution in [3.63, 3.8) is 0 Å². The number of unbranched alkanes of at least 4 members (excludes halogenated alkanes) is 26. The van der Waals surface area contributed by atoms with Crippen LogP contribution in [0.2, 0.25) is 0 Å². The first-order chi connectivity index (χ1) is 36.1. The van der Waals surface area contributed by atoms with Gasteiger partial charge in [-0.2, -0.15) is 0 Å². The van der Waals surface area contributed by atoms with Crippen LogP contribution in [0.1, 0.15) is 306 Å². The monoisotopic (exact) mass is 1050 g/mol. The maximum atomic E-state index is 12.8. The molecule has 0 aliphatic heterocycles. The lowest BCUT2D eigenvalue weighted by Crippen LogP contribution is -2.32. The summed E-state index contributed by atoms with van der Waals surface area (Å²) in [5.41, 5.74) is 0. The lowest BCUT2D eigenvalue weighted by atomic mass is 10.0. The first-order valence-electron chi connectivity index (χ1n) is 31.4. The molecule has 0 saturated carbocycles. The zero-order chi connectivity index (χ0) is 54.4. The molecule has 0 spiro atoms. The maximum Gasteiger partial charge on any atom is 0.407 e. The van der Waals surface area contributed by atoms with Crippen molar-refractivity contribution in [2.75, 3.05) is 46.0 Å². The zero-order valence-corrected chi connectivity index (χ0v) is 49.2. The van der Waals surface area contributed by atoms with Crippen molar-refractivity contribution in [3.8, 4) is 0 Å². The van der Waals surface area contributed by atoms with E-state index in [9.17, 15) is 24.0 Å². The standard InChI is InChI=1S/C62H118N2O10.H2/c1-7-13-17-21-25-33-42-56(43-34-26-22-18-14-8-2)73-60(67)48-39-31-29-37-46-58(65)70-52-55(54-72-62(69)63-50-41-51-64(11-5)12-6)53-71-59(66)47-38-30-32-40-49-61(68)74-57(44-35-27-23-19-15-9-3)45-36-28-24-20-16-10-4;/h55-57H,7-54H2,1-6H3,(H,63,69);1H. The van der Waals surface area contributed by atoms with Gasteiger partial charge in [-0.05, 0) is 103 Å². The van der Waals surface area contributed by atoms with Crippen molar-refractivity contribution in [1.29, 1.82) is 0 Å². The zero-order valence-electron chi connectivity index (χ0n) is 49.2. The highest BCUT2D eigenvalue weighted by Gasteiger charge is 2.19. The molecule has 1 N–H and O–H groups in total. The van der Waals surface area contributed by atoms with Gasteiger partial charge in [-0.3, -0.25) is 19.2 Å². The molecule has 0 radical (unpaired) electrons. The number of ether oxygens (including phenoxy) is 5. The summed E-state index contributed by atoms with van der Waals surface area (Å²) in [7, 11) is 0. The Hall–Kier alpha value is -2.89. The highest BCUT2D eigenvalue weighted by molar-refractivity contribution is 5.70. The summed E-state index contributed by atoms with van der Waals surface area (Å²) in [6.45, 7) is 16.3. The van der Waals surface area contributed by atoms with Crippen molar-refractivity contribution >= 4 is 30.0 Å². The summed E-state index contributed by atoms with van der Waals surface area (Å²) < 4.78 is 28.7. The molecule has 0 saturated heterocycles. The van der Waals surface area contributed by atoms with Crippen LogP contribution in [0.4, 0.5) is 4.79 Å². The lowest BCUT2D eigenvalue weighted by Gasteiger charge is -2.19. The van der Waals surface area contributed by atoms with Gasteiger partial charge in [0.05, 0.1) is 5.92 Å². The molecule has 12 nitrogen and oxygen atoms in total. The van der Waals surface area contributed by atoms with E-state index in [2.05, 4.69) is 51.8 Å². The Balaban J connectivity index is 0. The first kappa shape index (κ1) is 71.1. The highest BCUT2D eigenvalue weighted by Crippen LogP contribution is 2.21. The molecule has 0 aliphatic carbocycles. The molecule has 0 fully saturated rings. The van der Waals surface area contributed by atoms with Crippen LogP contribution >= 0.6 is 0 Å². The summed E-state index contributed by atoms with van der Waals surface area (Å²) in [5.74, 6) is -1.45. The highest BCUT2D eigenvalue weighted by atomic mass is 16.6. The van der Waals surface area contributed by atoms with Gasteiger partial charge in [-0.25, -0.2) is 4.79 Å². The van der Waals surface area contributed by atoms with Crippen LogP contribution in [-0.2, 0) is 42.9 Å². The van der Waals surface area contributed by atoms with E-state index < -0.39 is 12.0 Å². The summed E-state index contributed by atoms with van der Waals surface area (Å²) in [5, 5.41) is 2.79. The van der Waals surface area contributed by atoms with Crippen LogP contribution < -0.4 is 5.32 Å². The van der Waals surface area contributed by atoms with Gasteiger partial charge in [0.15, 0.2) is 0 Å². The normalized spacial score (nSPS) is 11.5. The van der Waals surface area contributed by atoms with Crippen molar-refractivity contribution in [3.05, 3.63) is 0 Å². The van der Waals surface area contributed by atoms with E-state index in [1.165, 1.54) is 128 Å². The maximum absolute atomic E-state index is 12.8. The van der Waals surface area contributed by atoms with E-state index >= 15 is 0 Å². The second-order valence-corrected chi connectivity index (χ2v) is 21.4. The summed E-state index contributed by atoms with van der Waals surface area (Å²) in [6.07, 6.45) is 40.8. The minimum absolute atomic E-state index is 0. The number of alkyl carbamates (subject to hydrolysis) is 1. The number of carbonyl (C=O) groups excluding carboxylic acids is 5. The Kier molecular flexibility index (Phi) is 52.7. The fourth-order valence-electron chi connectivity index (χ4n) is 9.40. The number of carbonyl (C=O) groups is 5. The average Bonchev–Trinajstić information content (AvgIpc) is 3.39. The Morgan fingerprint density at radius 1 is 0.365 bits per heavy atom. The largest absolute Gasteiger partial charge is 0.465 e. The molecule has 0 atom stereocenters. The molecule has 0 heterocycles. The minimum Gasteiger partial charge on any atom is -0.465 e. The molecule has 1 amide bonds. The third kappa shape index (κ3) is 48.7. The molecule has 12 heteroatoms. The number of rotatable bonds is 56.